The van der Waals surface area contributed by atoms with Crippen LogP contribution in [-0.2, 0) is 6.54 Å². The molecule has 3 heterocycles. The summed E-state index contributed by atoms with van der Waals surface area (Å²) in [5, 5.41) is 3.86. The molecule has 0 aliphatic carbocycles. The highest BCUT2D eigenvalue weighted by Crippen LogP contribution is 2.27. The van der Waals surface area contributed by atoms with Gasteiger partial charge in [-0.1, -0.05) is 12.1 Å². The average molecular weight is 499 g/mol. The van der Waals surface area contributed by atoms with Crippen LogP contribution in [0, 0.1) is 13.8 Å². The van der Waals surface area contributed by atoms with Crippen molar-refractivity contribution in [2.24, 2.45) is 0 Å². The summed E-state index contributed by atoms with van der Waals surface area (Å²) in [5.74, 6) is 1.91. The first-order valence-corrected chi connectivity index (χ1v) is 12.2. The summed E-state index contributed by atoms with van der Waals surface area (Å²) in [7, 11) is 2.11. The summed E-state index contributed by atoms with van der Waals surface area (Å²) >= 11 is 0. The molecule has 4 aromatic rings. The van der Waals surface area contributed by atoms with Crippen molar-refractivity contribution in [3.8, 4) is 11.6 Å². The number of rotatable bonds is 6. The maximum Gasteiger partial charge on any atom is 0.251 e. The van der Waals surface area contributed by atoms with E-state index in [1.165, 1.54) is 0 Å². The Labute approximate surface area is 215 Å². The van der Waals surface area contributed by atoms with Crippen LogP contribution in [0.15, 0.2) is 48.7 Å². The predicted octanol–water partition coefficient (Wildman–Crippen LogP) is 3.09. The van der Waals surface area contributed by atoms with Crippen LogP contribution in [0.5, 0.6) is 11.6 Å². The molecule has 0 atom stereocenters. The number of fused-ring (bicyclic) bond motifs is 1. The summed E-state index contributed by atoms with van der Waals surface area (Å²) < 4.78 is 5.93. The second-order valence-electron chi connectivity index (χ2n) is 9.26. The highest BCUT2D eigenvalue weighted by Gasteiger charge is 2.19. The minimum atomic E-state index is -0.202. The molecule has 1 fully saturated rings. The van der Waals surface area contributed by atoms with Crippen molar-refractivity contribution >= 4 is 28.6 Å². The molecule has 5 rings (SSSR count). The molecular weight excluding hydrogens is 468 g/mol. The molecule has 37 heavy (non-hydrogen) atoms. The van der Waals surface area contributed by atoms with E-state index < -0.39 is 0 Å². The number of aromatic nitrogens is 4. The fraction of sp³-hybridized carbons (Fsp3) is 0.296. The van der Waals surface area contributed by atoms with Gasteiger partial charge in [-0.15, -0.1) is 0 Å². The van der Waals surface area contributed by atoms with Crippen molar-refractivity contribution in [3.63, 3.8) is 0 Å². The standard InChI is InChI=1S/C27H30N8O2/c1-17-15-29-18(2)26(31-17)37-21-6-4-5-19(13-21)16-30-25(36)20-7-8-22-23(14-20)32-27(28)33-24(22)35-11-9-34(3)10-12-35/h4-8,13-15H,9-12,16H2,1-3H3,(H,30,36)(H2,28,32,33). The second kappa shape index (κ2) is 10.4. The monoisotopic (exact) mass is 498 g/mol. The molecule has 3 N–H and O–H groups in total. The fourth-order valence-electron chi connectivity index (χ4n) is 4.26. The number of nitrogens with one attached hydrogen (secondary N) is 1. The van der Waals surface area contributed by atoms with E-state index in [1.807, 2.05) is 44.2 Å². The first-order chi connectivity index (χ1) is 17.9. The van der Waals surface area contributed by atoms with Crippen molar-refractivity contribution in [3.05, 3.63) is 71.2 Å². The highest BCUT2D eigenvalue weighted by molar-refractivity contribution is 6.00. The molecule has 10 nitrogen and oxygen atoms in total. The lowest BCUT2D eigenvalue weighted by Crippen LogP contribution is -2.45. The first kappa shape index (κ1) is 24.4. The Hall–Kier alpha value is -4.31. The summed E-state index contributed by atoms with van der Waals surface area (Å²) in [6.45, 7) is 7.69. The second-order valence-corrected chi connectivity index (χ2v) is 9.26. The highest BCUT2D eigenvalue weighted by atomic mass is 16.5. The number of likely N-dealkylation sites (N-methyl/N-ethyl adjacent to an activating group) is 1. The first-order valence-electron chi connectivity index (χ1n) is 12.2. The van der Waals surface area contributed by atoms with Gasteiger partial charge >= 0.3 is 0 Å². The normalized spacial score (nSPS) is 14.1. The van der Waals surface area contributed by atoms with Gasteiger partial charge in [-0.05, 0) is 56.8 Å². The summed E-state index contributed by atoms with van der Waals surface area (Å²) in [5.41, 5.74) is 9.57. The van der Waals surface area contributed by atoms with E-state index in [4.69, 9.17) is 10.5 Å². The fourth-order valence-corrected chi connectivity index (χ4v) is 4.26. The lowest BCUT2D eigenvalue weighted by Gasteiger charge is -2.33. The average Bonchev–Trinajstić information content (AvgIpc) is 2.89. The Kier molecular flexibility index (Phi) is 6.82. The van der Waals surface area contributed by atoms with Crippen LogP contribution < -0.4 is 20.7 Å². The van der Waals surface area contributed by atoms with E-state index in [1.54, 1.807) is 18.3 Å². The van der Waals surface area contributed by atoms with Crippen LogP contribution in [0.1, 0.15) is 27.3 Å². The molecule has 1 saturated heterocycles. The largest absolute Gasteiger partial charge is 0.437 e. The minimum Gasteiger partial charge on any atom is -0.437 e. The topological polar surface area (TPSA) is 122 Å². The number of carbonyl (C=O) groups is 1. The maximum absolute atomic E-state index is 13.0. The molecular formula is C27H30N8O2. The van der Waals surface area contributed by atoms with Crippen LogP contribution in [-0.4, -0.2) is 64.0 Å². The Morgan fingerprint density at radius 2 is 1.86 bits per heavy atom. The van der Waals surface area contributed by atoms with Gasteiger partial charge in [0.15, 0.2) is 0 Å². The lowest BCUT2D eigenvalue weighted by atomic mass is 10.1. The third-order valence-electron chi connectivity index (χ3n) is 6.36. The lowest BCUT2D eigenvalue weighted by molar-refractivity contribution is 0.0951. The summed E-state index contributed by atoms with van der Waals surface area (Å²) in [6.07, 6.45) is 1.70. The number of hydrogen-bond acceptors (Lipinski definition) is 9. The zero-order chi connectivity index (χ0) is 25.9. The number of carbonyl (C=O) groups excluding carboxylic acids is 1. The Bertz CT molecular complexity index is 1450. The summed E-state index contributed by atoms with van der Waals surface area (Å²) in [6, 6.07) is 13.0. The molecule has 1 aliphatic rings. The molecule has 0 radical (unpaired) electrons. The molecule has 2 aromatic heterocycles. The number of anilines is 2. The molecule has 190 valence electrons. The van der Waals surface area contributed by atoms with Gasteiger partial charge in [0.1, 0.15) is 11.6 Å². The smallest absolute Gasteiger partial charge is 0.251 e. The zero-order valence-electron chi connectivity index (χ0n) is 21.2. The van der Waals surface area contributed by atoms with Gasteiger partial charge in [-0.2, -0.15) is 4.98 Å². The number of piperazine rings is 1. The number of amides is 1. The van der Waals surface area contributed by atoms with Gasteiger partial charge in [0.05, 0.1) is 16.9 Å². The summed E-state index contributed by atoms with van der Waals surface area (Å²) in [4.78, 5) is 35.1. The van der Waals surface area contributed by atoms with Crippen molar-refractivity contribution < 1.29 is 9.53 Å². The van der Waals surface area contributed by atoms with Crippen LogP contribution in [0.25, 0.3) is 10.9 Å². The number of hydrogen-bond donors (Lipinski definition) is 2. The van der Waals surface area contributed by atoms with E-state index in [9.17, 15) is 4.79 Å². The third-order valence-corrected chi connectivity index (χ3v) is 6.36. The van der Waals surface area contributed by atoms with Gasteiger partial charge in [-0.3, -0.25) is 9.78 Å². The molecule has 2 aromatic carbocycles. The number of ether oxygens (including phenoxy) is 1. The van der Waals surface area contributed by atoms with Gasteiger partial charge in [0.2, 0.25) is 11.8 Å². The Balaban J connectivity index is 1.29. The van der Waals surface area contributed by atoms with Crippen molar-refractivity contribution in [2.45, 2.75) is 20.4 Å². The molecule has 1 aliphatic heterocycles. The number of aryl methyl sites for hydroxylation is 2. The third kappa shape index (κ3) is 5.59. The van der Waals surface area contributed by atoms with Gasteiger partial charge < -0.3 is 25.6 Å². The van der Waals surface area contributed by atoms with E-state index >= 15 is 0 Å². The molecule has 0 saturated carbocycles. The van der Waals surface area contributed by atoms with Crippen molar-refractivity contribution in [2.75, 3.05) is 43.9 Å². The number of nitrogens with zero attached hydrogens (tertiary/aromatic N) is 6. The van der Waals surface area contributed by atoms with E-state index in [-0.39, 0.29) is 11.9 Å². The van der Waals surface area contributed by atoms with Gasteiger partial charge in [0, 0.05) is 49.9 Å². The van der Waals surface area contributed by atoms with Crippen LogP contribution in [0.2, 0.25) is 0 Å². The maximum atomic E-state index is 13.0. The van der Waals surface area contributed by atoms with Gasteiger partial charge in [-0.25, -0.2) is 9.97 Å². The Morgan fingerprint density at radius 3 is 2.68 bits per heavy atom. The van der Waals surface area contributed by atoms with Crippen molar-refractivity contribution in [1.29, 1.82) is 0 Å². The zero-order valence-corrected chi connectivity index (χ0v) is 21.2. The van der Waals surface area contributed by atoms with Gasteiger partial charge in [0.25, 0.3) is 5.91 Å². The van der Waals surface area contributed by atoms with Crippen LogP contribution in [0.4, 0.5) is 11.8 Å². The van der Waals surface area contributed by atoms with Crippen LogP contribution >= 0.6 is 0 Å². The molecule has 0 spiro atoms. The molecule has 0 unspecified atom stereocenters. The number of nitrogens with two attached hydrogens (primary N) is 1. The molecule has 1 amide bonds. The van der Waals surface area contributed by atoms with Crippen molar-refractivity contribution in [1.82, 2.24) is 30.2 Å². The quantitative estimate of drug-likeness (QED) is 0.413. The van der Waals surface area contributed by atoms with E-state index in [0.717, 1.165) is 48.6 Å². The van der Waals surface area contributed by atoms with E-state index in [2.05, 4.69) is 42.1 Å². The Morgan fingerprint density at radius 1 is 1.05 bits per heavy atom. The number of nitrogen functional groups attached to an aromatic ring is 1. The minimum absolute atomic E-state index is 0.198. The SMILES string of the molecule is Cc1cnc(C)c(Oc2cccc(CNC(=O)c3ccc4c(N5CCN(C)CC5)nc(N)nc4c3)c2)n1. The predicted molar refractivity (Wildman–Crippen MR) is 143 cm³/mol. The van der Waals surface area contributed by atoms with E-state index in [0.29, 0.717) is 34.9 Å². The number of benzene rings is 2. The van der Waals surface area contributed by atoms with Crippen LogP contribution in [0.3, 0.4) is 0 Å². The molecule has 10 heteroatoms. The molecule has 0 bridgehead atoms.